The van der Waals surface area contributed by atoms with Gasteiger partial charge in [0.05, 0.1) is 18.4 Å². The molecule has 9 nitrogen and oxygen atoms in total. The predicted molar refractivity (Wildman–Crippen MR) is 101 cm³/mol. The average Bonchev–Trinajstić information content (AvgIpc) is 3.16. The molecule has 0 saturated heterocycles. The molecule has 0 radical (unpaired) electrons. The number of rotatable bonds is 4. The Morgan fingerprint density at radius 2 is 2.04 bits per heavy atom. The maximum absolute atomic E-state index is 13.7. The minimum Gasteiger partial charge on any atom is -0.361 e. The molecule has 0 bridgehead atoms. The van der Waals surface area contributed by atoms with E-state index in [0.717, 1.165) is 6.54 Å². The van der Waals surface area contributed by atoms with Crippen LogP contribution in [0.3, 0.4) is 0 Å². The fourth-order valence-electron chi connectivity index (χ4n) is 2.35. The summed E-state index contributed by atoms with van der Waals surface area (Å²) >= 11 is 0. The van der Waals surface area contributed by atoms with E-state index in [1.54, 1.807) is 6.07 Å². The van der Waals surface area contributed by atoms with Crippen molar-refractivity contribution < 1.29 is 4.39 Å². The van der Waals surface area contributed by atoms with Crippen LogP contribution in [0.25, 0.3) is 22.1 Å². The Bertz CT molecular complexity index is 1100. The lowest BCUT2D eigenvalue weighted by atomic mass is 10.2. The van der Waals surface area contributed by atoms with Crippen LogP contribution in [0, 0.1) is 5.82 Å². The zero-order valence-electron chi connectivity index (χ0n) is 14.9. The van der Waals surface area contributed by atoms with E-state index >= 15 is 0 Å². The van der Waals surface area contributed by atoms with Crippen molar-refractivity contribution in [2.45, 2.75) is 13.5 Å². The van der Waals surface area contributed by atoms with Crippen LogP contribution in [0.5, 0.6) is 0 Å². The lowest BCUT2D eigenvalue weighted by Gasteiger charge is -2.06. The van der Waals surface area contributed by atoms with Crippen molar-refractivity contribution in [2.75, 3.05) is 18.9 Å². The Morgan fingerprint density at radius 1 is 1.22 bits per heavy atom. The molecule has 4 N–H and O–H groups in total. The third kappa shape index (κ3) is 4.06. The number of aromatic amines is 2. The molecule has 10 heteroatoms. The van der Waals surface area contributed by atoms with Gasteiger partial charge in [0, 0.05) is 0 Å². The van der Waals surface area contributed by atoms with E-state index in [1.807, 2.05) is 7.05 Å². The van der Waals surface area contributed by atoms with Gasteiger partial charge in [0.15, 0.2) is 11.5 Å². The lowest BCUT2D eigenvalue weighted by Crippen LogP contribution is -2.16. The molecule has 140 valence electrons. The summed E-state index contributed by atoms with van der Waals surface area (Å²) in [5.41, 5.74) is 0.977. The molecule has 27 heavy (non-hydrogen) atoms. The van der Waals surface area contributed by atoms with Crippen molar-refractivity contribution in [2.24, 2.45) is 0 Å². The number of H-pyrrole nitrogens is 2. The van der Waals surface area contributed by atoms with Gasteiger partial charge in [-0.15, -0.1) is 0 Å². The quantitative estimate of drug-likeness (QED) is 0.430. The van der Waals surface area contributed by atoms with Crippen molar-refractivity contribution in [3.63, 3.8) is 0 Å². The standard InChI is InChI=1S/C14H10FN7O.C3H9N/c15-7-2-1-3-8-10(7)14(23)22-9(21-8)4-16-12-11-13(18-5-17-11)20-6-19-12;1-3-4-2/h1-3,5-6H,4H2,(H,21,22,23)(H2,16,17,18,19,20);4H,3H2,1-2H3. The molecular formula is C17H19FN8O. The number of imidazole rings is 1. The fraction of sp³-hybridized carbons (Fsp3) is 0.235. The number of anilines is 1. The van der Waals surface area contributed by atoms with Crippen LogP contribution < -0.4 is 16.2 Å². The van der Waals surface area contributed by atoms with Gasteiger partial charge in [-0.1, -0.05) is 13.0 Å². The molecule has 0 aliphatic heterocycles. The Kier molecular flexibility index (Phi) is 5.67. The Hall–Kier alpha value is -3.40. The first kappa shape index (κ1) is 18.4. The second-order valence-corrected chi connectivity index (χ2v) is 5.53. The first-order valence-corrected chi connectivity index (χ1v) is 8.34. The molecule has 0 aliphatic rings. The van der Waals surface area contributed by atoms with E-state index in [1.165, 1.54) is 24.8 Å². The highest BCUT2D eigenvalue weighted by Gasteiger charge is 2.10. The van der Waals surface area contributed by atoms with Crippen LogP contribution in [0.1, 0.15) is 12.7 Å². The number of hydrogen-bond donors (Lipinski definition) is 4. The molecule has 3 heterocycles. The normalized spacial score (nSPS) is 10.6. The van der Waals surface area contributed by atoms with Gasteiger partial charge < -0.3 is 20.6 Å². The van der Waals surface area contributed by atoms with Crippen LogP contribution in [-0.2, 0) is 6.54 Å². The van der Waals surface area contributed by atoms with E-state index < -0.39 is 11.4 Å². The highest BCUT2D eigenvalue weighted by molar-refractivity contribution is 5.82. The van der Waals surface area contributed by atoms with Crippen LogP contribution >= 0.6 is 0 Å². The number of aromatic nitrogens is 6. The number of halogens is 1. The van der Waals surface area contributed by atoms with E-state index in [9.17, 15) is 9.18 Å². The summed E-state index contributed by atoms with van der Waals surface area (Å²) in [5, 5.41) is 5.93. The van der Waals surface area contributed by atoms with Crippen LogP contribution in [0.4, 0.5) is 10.2 Å². The molecule has 0 fully saturated rings. The van der Waals surface area contributed by atoms with Gasteiger partial charge in [-0.3, -0.25) is 4.79 Å². The van der Waals surface area contributed by atoms with Gasteiger partial charge in [0.25, 0.3) is 5.56 Å². The number of hydrogen-bond acceptors (Lipinski definition) is 7. The molecule has 4 rings (SSSR count). The zero-order valence-corrected chi connectivity index (χ0v) is 14.9. The molecule has 4 aromatic rings. The zero-order chi connectivity index (χ0) is 19.2. The van der Waals surface area contributed by atoms with Gasteiger partial charge in [0.1, 0.15) is 28.9 Å². The van der Waals surface area contributed by atoms with E-state index in [4.69, 9.17) is 0 Å². The highest BCUT2D eigenvalue weighted by Crippen LogP contribution is 2.15. The third-order valence-electron chi connectivity index (χ3n) is 3.73. The van der Waals surface area contributed by atoms with Crippen LogP contribution in [0.2, 0.25) is 0 Å². The monoisotopic (exact) mass is 370 g/mol. The molecular weight excluding hydrogens is 351 g/mol. The summed E-state index contributed by atoms with van der Waals surface area (Å²) in [4.78, 5) is 33.9. The average molecular weight is 370 g/mol. The maximum Gasteiger partial charge on any atom is 0.261 e. The molecule has 0 spiro atoms. The third-order valence-corrected chi connectivity index (χ3v) is 3.73. The van der Waals surface area contributed by atoms with Crippen molar-refractivity contribution in [1.29, 1.82) is 0 Å². The SMILES string of the molecule is CCNC.O=c1[nH]c(CNc2ncnc3nc[nH]c23)nc2cccc(F)c12. The van der Waals surface area contributed by atoms with E-state index in [2.05, 4.69) is 47.5 Å². The first-order valence-electron chi connectivity index (χ1n) is 8.34. The largest absolute Gasteiger partial charge is 0.361 e. The molecule has 0 unspecified atom stereocenters. The topological polar surface area (TPSA) is 124 Å². The maximum atomic E-state index is 13.7. The molecule has 0 amide bonds. The summed E-state index contributed by atoms with van der Waals surface area (Å²) in [6.07, 6.45) is 2.90. The van der Waals surface area contributed by atoms with Crippen LogP contribution in [-0.4, -0.2) is 43.5 Å². The summed E-state index contributed by atoms with van der Waals surface area (Å²) in [7, 11) is 1.93. The second-order valence-electron chi connectivity index (χ2n) is 5.53. The Labute approximate surface area is 153 Å². The smallest absolute Gasteiger partial charge is 0.261 e. The second kappa shape index (κ2) is 8.32. The number of benzene rings is 1. The highest BCUT2D eigenvalue weighted by atomic mass is 19.1. The fourth-order valence-corrected chi connectivity index (χ4v) is 2.35. The summed E-state index contributed by atoms with van der Waals surface area (Å²) in [6, 6.07) is 4.34. The predicted octanol–water partition coefficient (Wildman–Crippen LogP) is 1.57. The van der Waals surface area contributed by atoms with Gasteiger partial charge in [-0.2, -0.15) is 0 Å². The molecule has 0 saturated carbocycles. The Balaban J connectivity index is 0.000000481. The number of nitrogens with zero attached hydrogens (tertiary/aromatic N) is 4. The molecule has 1 aromatic carbocycles. The van der Waals surface area contributed by atoms with Crippen LogP contribution in [0.15, 0.2) is 35.6 Å². The van der Waals surface area contributed by atoms with Gasteiger partial charge in [0.2, 0.25) is 0 Å². The van der Waals surface area contributed by atoms with Crippen molar-refractivity contribution in [3.05, 3.63) is 52.8 Å². The van der Waals surface area contributed by atoms with Crippen molar-refractivity contribution >= 4 is 27.9 Å². The molecule has 3 aromatic heterocycles. The Morgan fingerprint density at radius 3 is 2.81 bits per heavy atom. The number of fused-ring (bicyclic) bond motifs is 2. The molecule has 0 atom stereocenters. The first-order chi connectivity index (χ1) is 13.1. The molecule has 0 aliphatic carbocycles. The lowest BCUT2D eigenvalue weighted by molar-refractivity contribution is 0.638. The summed E-state index contributed by atoms with van der Waals surface area (Å²) in [5.74, 6) is 0.319. The van der Waals surface area contributed by atoms with Gasteiger partial charge >= 0.3 is 0 Å². The van der Waals surface area contributed by atoms with E-state index in [0.29, 0.717) is 28.3 Å². The minimum atomic E-state index is -0.592. The summed E-state index contributed by atoms with van der Waals surface area (Å²) in [6.45, 7) is 3.35. The minimum absolute atomic E-state index is 0.0470. The van der Waals surface area contributed by atoms with E-state index in [-0.39, 0.29) is 11.9 Å². The number of nitrogens with one attached hydrogen (secondary N) is 4. The van der Waals surface area contributed by atoms with Crippen molar-refractivity contribution in [3.8, 4) is 0 Å². The summed E-state index contributed by atoms with van der Waals surface area (Å²) < 4.78 is 13.7. The van der Waals surface area contributed by atoms with Crippen molar-refractivity contribution in [1.82, 2.24) is 35.2 Å². The van der Waals surface area contributed by atoms with Gasteiger partial charge in [-0.05, 0) is 25.7 Å². The van der Waals surface area contributed by atoms with Gasteiger partial charge in [-0.25, -0.2) is 24.3 Å².